The smallest absolute Gasteiger partial charge is 0.206 e. The largest absolute Gasteiger partial charge is 0.417 e. The molecule has 0 bridgehead atoms. The molecule has 0 aliphatic carbocycles. The van der Waals surface area contributed by atoms with Crippen molar-refractivity contribution in [3.05, 3.63) is 68.3 Å². The number of benzene rings is 2. The standard InChI is InChI=1S/C21H4F7N5/c22-18-4-10(1-12(5-29)19(18)13(6-30)7-31)14(8-32)11-2-16(20(23,24)25)15(9-33)17(3-11)21(26,27)28/h1-4H/b14-10+. The molecule has 0 saturated heterocycles. The Bertz CT molecular complexity index is 1450. The summed E-state index contributed by atoms with van der Waals surface area (Å²) in [5, 5.41) is 44.1. The summed E-state index contributed by atoms with van der Waals surface area (Å²) < 4.78 is 94.9. The van der Waals surface area contributed by atoms with Gasteiger partial charge in [-0.05, 0) is 35.0 Å². The van der Waals surface area contributed by atoms with Crippen LogP contribution in [-0.4, -0.2) is 0 Å². The minimum Gasteiger partial charge on any atom is -0.206 e. The van der Waals surface area contributed by atoms with E-state index >= 15 is 0 Å². The molecule has 0 unspecified atom stereocenters. The summed E-state index contributed by atoms with van der Waals surface area (Å²) in [6.07, 6.45) is -10.8. The molecule has 162 valence electrons. The summed E-state index contributed by atoms with van der Waals surface area (Å²) in [6, 6.07) is 7.88. The summed E-state index contributed by atoms with van der Waals surface area (Å²) in [6.45, 7) is 0. The summed E-state index contributed by atoms with van der Waals surface area (Å²) in [4.78, 5) is 0. The lowest BCUT2D eigenvalue weighted by Crippen LogP contribution is -2.22. The van der Waals surface area contributed by atoms with Crippen molar-refractivity contribution in [1.82, 2.24) is 0 Å². The highest BCUT2D eigenvalue weighted by Gasteiger charge is 2.42. The van der Waals surface area contributed by atoms with Crippen LogP contribution in [0, 0.1) is 62.5 Å². The predicted molar refractivity (Wildman–Crippen MR) is 94.3 cm³/mol. The van der Waals surface area contributed by atoms with Gasteiger partial charge in [0.1, 0.15) is 35.7 Å². The van der Waals surface area contributed by atoms with E-state index in [-0.39, 0.29) is 12.1 Å². The van der Waals surface area contributed by atoms with Crippen LogP contribution in [0.3, 0.4) is 0 Å². The topological polar surface area (TPSA) is 119 Å². The summed E-state index contributed by atoms with van der Waals surface area (Å²) >= 11 is 0. The van der Waals surface area contributed by atoms with E-state index in [9.17, 15) is 41.3 Å². The molecule has 33 heavy (non-hydrogen) atoms. The summed E-state index contributed by atoms with van der Waals surface area (Å²) in [5.74, 6) is -1.38. The minimum atomic E-state index is -5.40. The highest BCUT2D eigenvalue weighted by molar-refractivity contribution is 5.79. The van der Waals surface area contributed by atoms with Crippen molar-refractivity contribution in [2.24, 2.45) is 0 Å². The van der Waals surface area contributed by atoms with E-state index in [1.807, 2.05) is 0 Å². The van der Waals surface area contributed by atoms with Crippen LogP contribution in [0.1, 0.15) is 27.8 Å². The van der Waals surface area contributed by atoms with Gasteiger partial charge in [0.15, 0.2) is 0 Å². The minimum absolute atomic E-state index is 0.131. The Morgan fingerprint density at radius 3 is 1.58 bits per heavy atom. The van der Waals surface area contributed by atoms with Gasteiger partial charge in [-0.15, -0.1) is 0 Å². The van der Waals surface area contributed by atoms with Gasteiger partial charge in [-0.25, -0.2) is 4.39 Å². The van der Waals surface area contributed by atoms with Crippen LogP contribution in [0.15, 0.2) is 24.3 Å². The van der Waals surface area contributed by atoms with Gasteiger partial charge in [0.2, 0.25) is 0 Å². The summed E-state index contributed by atoms with van der Waals surface area (Å²) in [7, 11) is 0. The highest BCUT2D eigenvalue weighted by atomic mass is 19.4. The van der Waals surface area contributed by atoms with Gasteiger partial charge in [-0.3, -0.25) is 0 Å². The normalized spacial score (nSPS) is 11.8. The zero-order chi connectivity index (χ0) is 25.1. The second kappa shape index (κ2) is 8.71. The first-order chi connectivity index (χ1) is 15.3. The number of alkyl halides is 6. The number of hydrogen-bond acceptors (Lipinski definition) is 5. The molecule has 0 saturated carbocycles. The Hall–Kier alpha value is -4.86. The average Bonchev–Trinajstić information content (AvgIpc) is 2.74. The predicted octanol–water partition coefficient (Wildman–Crippen LogP) is 3.53. The zero-order valence-electron chi connectivity index (χ0n) is 15.7. The lowest BCUT2D eigenvalue weighted by molar-refractivity contribution is -0.143. The van der Waals surface area contributed by atoms with Gasteiger partial charge in [0.05, 0.1) is 39.1 Å². The molecule has 0 fully saturated rings. The number of rotatable bonds is 1. The molecule has 0 radical (unpaired) electrons. The van der Waals surface area contributed by atoms with Crippen LogP contribution in [-0.2, 0) is 12.4 Å². The molecular formula is C21H4F7N5. The van der Waals surface area contributed by atoms with Gasteiger partial charge in [0.25, 0.3) is 0 Å². The van der Waals surface area contributed by atoms with Crippen LogP contribution in [0.25, 0.3) is 11.1 Å². The Balaban J connectivity index is 3.16. The molecule has 0 N–H and O–H groups in total. The van der Waals surface area contributed by atoms with Gasteiger partial charge >= 0.3 is 12.4 Å². The molecule has 5 nitrogen and oxygen atoms in total. The molecule has 12 heteroatoms. The Labute approximate surface area is 180 Å². The van der Waals surface area contributed by atoms with Crippen LogP contribution in [0.5, 0.6) is 0 Å². The number of hydrogen-bond donors (Lipinski definition) is 0. The van der Waals surface area contributed by atoms with Gasteiger partial charge in [-0.2, -0.15) is 52.7 Å². The third-order valence-corrected chi connectivity index (χ3v) is 4.23. The monoisotopic (exact) mass is 459 g/mol. The van der Waals surface area contributed by atoms with E-state index in [1.165, 1.54) is 24.3 Å². The average molecular weight is 459 g/mol. The first-order valence-corrected chi connectivity index (χ1v) is 8.25. The van der Waals surface area contributed by atoms with Crippen molar-refractivity contribution in [2.45, 2.75) is 12.4 Å². The summed E-state index contributed by atoms with van der Waals surface area (Å²) in [5.41, 5.74) is -8.94. The second-order valence-electron chi connectivity index (χ2n) is 6.13. The maximum absolute atomic E-state index is 14.6. The zero-order valence-corrected chi connectivity index (χ0v) is 15.7. The molecule has 2 aromatic rings. The van der Waals surface area contributed by atoms with E-state index in [4.69, 9.17) is 15.8 Å². The SMILES string of the molecule is N#CC(C#N)=c1c(F)c/c(=C(\C#N)c2cc(C(F)(F)F)c(C#N)c(C(F)(F)F)c2)cc1C#N. The van der Waals surface area contributed by atoms with Crippen molar-refractivity contribution < 1.29 is 30.7 Å². The fourth-order valence-corrected chi connectivity index (χ4v) is 2.88. The van der Waals surface area contributed by atoms with Crippen LogP contribution >= 0.6 is 0 Å². The Kier molecular flexibility index (Phi) is 6.44. The molecule has 2 aromatic carbocycles. The molecule has 0 amide bonds. The molecule has 0 aromatic heterocycles. The maximum atomic E-state index is 14.6. The van der Waals surface area contributed by atoms with Gasteiger partial charge in [0, 0.05) is 0 Å². The van der Waals surface area contributed by atoms with E-state index in [2.05, 4.69) is 0 Å². The van der Waals surface area contributed by atoms with E-state index in [1.54, 1.807) is 0 Å². The fraction of sp³-hybridized carbons (Fsp3) is 0.0952. The van der Waals surface area contributed by atoms with Crippen molar-refractivity contribution in [1.29, 1.82) is 26.3 Å². The third-order valence-electron chi connectivity index (χ3n) is 4.23. The lowest BCUT2D eigenvalue weighted by atomic mass is 9.93. The Morgan fingerprint density at radius 2 is 1.21 bits per heavy atom. The van der Waals surface area contributed by atoms with Crippen molar-refractivity contribution in [3.63, 3.8) is 0 Å². The first-order valence-electron chi connectivity index (χ1n) is 8.25. The quantitative estimate of drug-likeness (QED) is 0.605. The number of halogens is 7. The maximum Gasteiger partial charge on any atom is 0.417 e. The van der Waals surface area contributed by atoms with Crippen molar-refractivity contribution in [2.75, 3.05) is 0 Å². The van der Waals surface area contributed by atoms with Crippen LogP contribution in [0.4, 0.5) is 30.7 Å². The van der Waals surface area contributed by atoms with Gasteiger partial charge < -0.3 is 0 Å². The number of nitriles is 5. The molecule has 0 heterocycles. The fourth-order valence-electron chi connectivity index (χ4n) is 2.88. The van der Waals surface area contributed by atoms with E-state index in [0.717, 1.165) is 12.1 Å². The molecule has 0 atom stereocenters. The molecule has 0 spiro atoms. The first kappa shape index (κ1) is 24.4. The highest BCUT2D eigenvalue weighted by Crippen LogP contribution is 2.40. The molecule has 0 aliphatic heterocycles. The van der Waals surface area contributed by atoms with Crippen LogP contribution < -0.4 is 10.4 Å². The second-order valence-corrected chi connectivity index (χ2v) is 6.13. The van der Waals surface area contributed by atoms with Crippen molar-refractivity contribution >= 4 is 11.1 Å². The molecule has 0 aliphatic rings. The number of nitrogens with zero attached hydrogens (tertiary/aromatic N) is 5. The molecular weight excluding hydrogens is 455 g/mol. The van der Waals surface area contributed by atoms with Crippen LogP contribution in [0.2, 0.25) is 0 Å². The Morgan fingerprint density at radius 1 is 0.697 bits per heavy atom. The van der Waals surface area contributed by atoms with E-state index < -0.39 is 67.6 Å². The third kappa shape index (κ3) is 4.59. The van der Waals surface area contributed by atoms with Crippen molar-refractivity contribution in [3.8, 4) is 30.3 Å². The molecule has 2 rings (SSSR count). The van der Waals surface area contributed by atoms with E-state index in [0.29, 0.717) is 6.07 Å². The lowest BCUT2D eigenvalue weighted by Gasteiger charge is -2.16. The van der Waals surface area contributed by atoms with Gasteiger partial charge in [-0.1, -0.05) is 0 Å².